The van der Waals surface area contributed by atoms with Crippen molar-refractivity contribution in [3.63, 3.8) is 0 Å². The Morgan fingerprint density at radius 3 is 2.28 bits per heavy atom. The van der Waals surface area contributed by atoms with Gasteiger partial charge in [-0.3, -0.25) is 0 Å². The van der Waals surface area contributed by atoms with Crippen LogP contribution in [0.25, 0.3) is 0 Å². The summed E-state index contributed by atoms with van der Waals surface area (Å²) in [4.78, 5) is 0. The van der Waals surface area contributed by atoms with Gasteiger partial charge in [0.2, 0.25) is 0 Å². The van der Waals surface area contributed by atoms with E-state index in [0.29, 0.717) is 5.04 Å². The van der Waals surface area contributed by atoms with Gasteiger partial charge in [0.1, 0.15) is 0 Å². The summed E-state index contributed by atoms with van der Waals surface area (Å²) < 4.78 is 6.16. The molecule has 0 amide bonds. The number of hydrogen-bond acceptors (Lipinski definition) is 1. The molecule has 0 radical (unpaired) electrons. The molecule has 18 heavy (non-hydrogen) atoms. The van der Waals surface area contributed by atoms with Crippen molar-refractivity contribution in [3.05, 3.63) is 11.6 Å². The maximum atomic E-state index is 6.16. The standard InChI is InChI=1S/C16H34OSi/c1-8-9-10-12-15(2)13-11-14-17-18(6,7)16(3,4)5/h13H,8-12,14H2,1-7H3/b15-13-. The monoisotopic (exact) mass is 270 g/mol. The third kappa shape index (κ3) is 7.37. The molecule has 0 saturated heterocycles. The van der Waals surface area contributed by atoms with E-state index in [-0.39, 0.29) is 0 Å². The van der Waals surface area contributed by atoms with E-state index >= 15 is 0 Å². The quantitative estimate of drug-likeness (QED) is 0.302. The van der Waals surface area contributed by atoms with Gasteiger partial charge in [0.15, 0.2) is 8.32 Å². The number of allylic oxidation sites excluding steroid dienone is 1. The summed E-state index contributed by atoms with van der Waals surface area (Å²) >= 11 is 0. The highest BCUT2D eigenvalue weighted by molar-refractivity contribution is 6.74. The van der Waals surface area contributed by atoms with Crippen molar-refractivity contribution in [2.24, 2.45) is 0 Å². The van der Waals surface area contributed by atoms with Gasteiger partial charge in [-0.15, -0.1) is 0 Å². The molecule has 0 aromatic rings. The third-order valence-corrected chi connectivity index (χ3v) is 8.59. The van der Waals surface area contributed by atoms with Crippen molar-refractivity contribution in [1.82, 2.24) is 0 Å². The molecule has 0 atom stereocenters. The van der Waals surface area contributed by atoms with Crippen LogP contribution < -0.4 is 0 Å². The van der Waals surface area contributed by atoms with Crippen LogP contribution in [-0.4, -0.2) is 14.9 Å². The van der Waals surface area contributed by atoms with Gasteiger partial charge in [-0.1, -0.05) is 52.2 Å². The molecule has 0 aliphatic carbocycles. The highest BCUT2D eigenvalue weighted by atomic mass is 28.4. The first kappa shape index (κ1) is 17.9. The van der Waals surface area contributed by atoms with Crippen LogP contribution in [0.3, 0.4) is 0 Å². The zero-order valence-corrected chi connectivity index (χ0v) is 14.7. The zero-order valence-electron chi connectivity index (χ0n) is 13.7. The maximum absolute atomic E-state index is 6.16. The van der Waals surface area contributed by atoms with Crippen molar-refractivity contribution in [2.45, 2.75) is 84.9 Å². The van der Waals surface area contributed by atoms with Gasteiger partial charge in [-0.05, 0) is 44.3 Å². The Morgan fingerprint density at radius 1 is 1.17 bits per heavy atom. The highest BCUT2D eigenvalue weighted by Gasteiger charge is 2.36. The summed E-state index contributed by atoms with van der Waals surface area (Å²) in [7, 11) is -1.54. The van der Waals surface area contributed by atoms with Gasteiger partial charge in [0, 0.05) is 6.61 Å². The lowest BCUT2D eigenvalue weighted by Crippen LogP contribution is -2.40. The average Bonchev–Trinajstić information content (AvgIpc) is 2.23. The molecular formula is C16H34OSi. The van der Waals surface area contributed by atoms with E-state index < -0.39 is 8.32 Å². The molecule has 1 nitrogen and oxygen atoms in total. The van der Waals surface area contributed by atoms with E-state index in [1.165, 1.54) is 31.3 Å². The SMILES string of the molecule is CCCCC/C(C)=C\CCO[Si](C)(C)C(C)(C)C. The summed E-state index contributed by atoms with van der Waals surface area (Å²) in [5.74, 6) is 0. The lowest BCUT2D eigenvalue weighted by molar-refractivity contribution is 0.294. The van der Waals surface area contributed by atoms with E-state index in [1.54, 1.807) is 0 Å². The molecule has 0 fully saturated rings. The van der Waals surface area contributed by atoms with Gasteiger partial charge in [-0.25, -0.2) is 0 Å². The van der Waals surface area contributed by atoms with Gasteiger partial charge in [0.05, 0.1) is 0 Å². The molecule has 0 bridgehead atoms. The molecule has 0 saturated carbocycles. The Labute approximate surface area is 116 Å². The largest absolute Gasteiger partial charge is 0.417 e. The summed E-state index contributed by atoms with van der Waals surface area (Å²) in [6.07, 6.45) is 8.69. The topological polar surface area (TPSA) is 9.23 Å². The molecule has 0 aliphatic rings. The van der Waals surface area contributed by atoms with Gasteiger partial charge in [0.25, 0.3) is 0 Å². The molecule has 0 spiro atoms. The molecular weight excluding hydrogens is 236 g/mol. The Balaban J connectivity index is 3.88. The number of hydrogen-bond donors (Lipinski definition) is 0. The maximum Gasteiger partial charge on any atom is 0.191 e. The third-order valence-electron chi connectivity index (χ3n) is 4.05. The molecule has 2 heteroatoms. The predicted molar refractivity (Wildman–Crippen MR) is 85.7 cm³/mol. The molecule has 108 valence electrons. The van der Waals surface area contributed by atoms with Crippen LogP contribution in [-0.2, 0) is 4.43 Å². The Kier molecular flexibility index (Phi) is 8.12. The highest BCUT2D eigenvalue weighted by Crippen LogP contribution is 2.36. The molecule has 0 aromatic heterocycles. The summed E-state index contributed by atoms with van der Waals surface area (Å²) in [5, 5.41) is 0.326. The van der Waals surface area contributed by atoms with E-state index in [0.717, 1.165) is 13.0 Å². The molecule has 0 N–H and O–H groups in total. The number of unbranched alkanes of at least 4 members (excludes halogenated alkanes) is 2. The van der Waals surface area contributed by atoms with Crippen molar-refractivity contribution in [3.8, 4) is 0 Å². The van der Waals surface area contributed by atoms with Crippen LogP contribution in [0.1, 0.15) is 66.7 Å². The van der Waals surface area contributed by atoms with Crippen molar-refractivity contribution in [2.75, 3.05) is 6.61 Å². The van der Waals surface area contributed by atoms with Gasteiger partial charge < -0.3 is 4.43 Å². The molecule has 0 heterocycles. The zero-order chi connectivity index (χ0) is 14.2. The van der Waals surface area contributed by atoms with Crippen LogP contribution in [0.2, 0.25) is 18.1 Å². The Morgan fingerprint density at radius 2 is 1.78 bits per heavy atom. The van der Waals surface area contributed by atoms with Crippen LogP contribution in [0.5, 0.6) is 0 Å². The summed E-state index contributed by atoms with van der Waals surface area (Å²) in [5.41, 5.74) is 1.53. The minimum absolute atomic E-state index is 0.326. The van der Waals surface area contributed by atoms with Crippen LogP contribution in [0.15, 0.2) is 11.6 Å². The summed E-state index contributed by atoms with van der Waals surface area (Å²) in [6, 6.07) is 0. The van der Waals surface area contributed by atoms with Crippen molar-refractivity contribution >= 4 is 8.32 Å². The second-order valence-electron chi connectivity index (χ2n) is 6.91. The van der Waals surface area contributed by atoms with Gasteiger partial charge >= 0.3 is 0 Å². The van der Waals surface area contributed by atoms with Crippen LogP contribution in [0.4, 0.5) is 0 Å². The Hall–Kier alpha value is -0.0831. The molecule has 0 unspecified atom stereocenters. The van der Waals surface area contributed by atoms with E-state index in [1.807, 2.05) is 0 Å². The molecule has 0 aliphatic heterocycles. The van der Waals surface area contributed by atoms with E-state index in [2.05, 4.69) is 53.8 Å². The van der Waals surface area contributed by atoms with Gasteiger partial charge in [-0.2, -0.15) is 0 Å². The second-order valence-corrected chi connectivity index (χ2v) is 11.7. The average molecular weight is 271 g/mol. The number of rotatable bonds is 8. The van der Waals surface area contributed by atoms with Crippen LogP contribution in [0, 0.1) is 0 Å². The fraction of sp³-hybridized carbons (Fsp3) is 0.875. The fourth-order valence-corrected chi connectivity index (χ4v) is 2.65. The smallest absolute Gasteiger partial charge is 0.191 e. The predicted octanol–water partition coefficient (Wildman–Crippen LogP) is 5.92. The van der Waals surface area contributed by atoms with Crippen molar-refractivity contribution < 1.29 is 4.43 Å². The lowest BCUT2D eigenvalue weighted by atomic mass is 10.1. The molecule has 0 rings (SSSR count). The second kappa shape index (κ2) is 8.16. The van der Waals surface area contributed by atoms with E-state index in [9.17, 15) is 0 Å². The summed E-state index contributed by atoms with van der Waals surface area (Å²) in [6.45, 7) is 16.9. The first-order valence-corrected chi connectivity index (χ1v) is 10.4. The minimum Gasteiger partial charge on any atom is -0.417 e. The van der Waals surface area contributed by atoms with Crippen molar-refractivity contribution in [1.29, 1.82) is 0 Å². The first-order chi connectivity index (χ1) is 8.20. The lowest BCUT2D eigenvalue weighted by Gasteiger charge is -2.36. The van der Waals surface area contributed by atoms with Crippen LogP contribution >= 0.6 is 0 Å². The normalized spacial score (nSPS) is 14.1. The molecule has 0 aromatic carbocycles. The van der Waals surface area contributed by atoms with E-state index in [4.69, 9.17) is 4.43 Å². The first-order valence-electron chi connectivity index (χ1n) is 7.50. The fourth-order valence-electron chi connectivity index (χ4n) is 1.59. The minimum atomic E-state index is -1.54. The Bertz CT molecular complexity index is 248.